The first-order valence-corrected chi connectivity index (χ1v) is 5.65. The van der Waals surface area contributed by atoms with Crippen LogP contribution in [0.25, 0.3) is 0 Å². The zero-order valence-electron chi connectivity index (χ0n) is 9.33. The molecule has 0 aliphatic heterocycles. The van der Waals surface area contributed by atoms with Crippen molar-refractivity contribution < 1.29 is 9.84 Å². The van der Waals surface area contributed by atoms with Crippen LogP contribution in [0.1, 0.15) is 45.4 Å². The van der Waals surface area contributed by atoms with Crippen molar-refractivity contribution in [3.63, 3.8) is 0 Å². The van der Waals surface area contributed by atoms with Crippen LogP contribution in [0.3, 0.4) is 0 Å². The fourth-order valence-corrected chi connectivity index (χ4v) is 1.92. The van der Waals surface area contributed by atoms with Gasteiger partial charge < -0.3 is 9.84 Å². The molecule has 1 N–H and O–H groups in total. The molecule has 2 unspecified atom stereocenters. The van der Waals surface area contributed by atoms with Gasteiger partial charge in [-0.1, -0.05) is 18.9 Å². The van der Waals surface area contributed by atoms with Crippen LogP contribution in [0.5, 0.6) is 0 Å². The molecular formula is C12H22O2. The minimum atomic E-state index is -0.405. The highest BCUT2D eigenvalue weighted by molar-refractivity contribution is 5.10. The fourth-order valence-electron chi connectivity index (χ4n) is 1.92. The molecule has 14 heavy (non-hydrogen) atoms. The SMILES string of the molecule is COC(C)C(O)C1=CCCCCCC1. The van der Waals surface area contributed by atoms with Gasteiger partial charge in [-0.05, 0) is 38.2 Å². The minimum Gasteiger partial charge on any atom is -0.386 e. The highest BCUT2D eigenvalue weighted by Gasteiger charge is 2.18. The van der Waals surface area contributed by atoms with Crippen LogP contribution < -0.4 is 0 Å². The van der Waals surface area contributed by atoms with Crippen molar-refractivity contribution in [1.29, 1.82) is 0 Å². The van der Waals surface area contributed by atoms with Gasteiger partial charge in [0.15, 0.2) is 0 Å². The van der Waals surface area contributed by atoms with E-state index in [0.29, 0.717) is 0 Å². The molecule has 82 valence electrons. The smallest absolute Gasteiger partial charge is 0.101 e. The van der Waals surface area contributed by atoms with E-state index >= 15 is 0 Å². The summed E-state index contributed by atoms with van der Waals surface area (Å²) in [5.41, 5.74) is 1.18. The first-order valence-electron chi connectivity index (χ1n) is 5.65. The Kier molecular flexibility index (Phi) is 5.20. The van der Waals surface area contributed by atoms with Crippen LogP contribution in [-0.2, 0) is 4.74 Å². The molecule has 0 heterocycles. The maximum Gasteiger partial charge on any atom is 0.101 e. The largest absolute Gasteiger partial charge is 0.386 e. The molecule has 0 radical (unpaired) electrons. The Labute approximate surface area is 87.0 Å². The number of aliphatic hydroxyl groups excluding tert-OH is 1. The van der Waals surface area contributed by atoms with Crippen molar-refractivity contribution in [3.05, 3.63) is 11.6 Å². The van der Waals surface area contributed by atoms with Gasteiger partial charge in [0.1, 0.15) is 6.10 Å². The maximum absolute atomic E-state index is 9.97. The van der Waals surface area contributed by atoms with E-state index in [1.165, 1.54) is 31.3 Å². The number of hydrogen-bond acceptors (Lipinski definition) is 2. The number of rotatable bonds is 3. The molecule has 0 aromatic rings. The van der Waals surface area contributed by atoms with Gasteiger partial charge in [-0.3, -0.25) is 0 Å². The Morgan fingerprint density at radius 2 is 2.00 bits per heavy atom. The van der Waals surface area contributed by atoms with E-state index < -0.39 is 6.10 Å². The molecule has 0 spiro atoms. The molecule has 0 saturated heterocycles. The summed E-state index contributed by atoms with van der Waals surface area (Å²) in [5.74, 6) is 0. The fraction of sp³-hybridized carbons (Fsp3) is 0.833. The summed E-state index contributed by atoms with van der Waals surface area (Å²) < 4.78 is 5.15. The Hall–Kier alpha value is -0.340. The second-order valence-electron chi connectivity index (χ2n) is 4.12. The lowest BCUT2D eigenvalue weighted by Crippen LogP contribution is -2.27. The molecule has 0 aromatic carbocycles. The van der Waals surface area contributed by atoms with Crippen molar-refractivity contribution in [2.45, 2.75) is 57.7 Å². The minimum absolute atomic E-state index is 0.0827. The molecule has 1 aliphatic carbocycles. The predicted octanol–water partition coefficient (Wildman–Crippen LogP) is 2.66. The molecule has 2 nitrogen and oxygen atoms in total. The van der Waals surface area contributed by atoms with Crippen LogP contribution in [0.15, 0.2) is 11.6 Å². The highest BCUT2D eigenvalue weighted by Crippen LogP contribution is 2.21. The van der Waals surface area contributed by atoms with Crippen molar-refractivity contribution in [3.8, 4) is 0 Å². The summed E-state index contributed by atoms with van der Waals surface area (Å²) in [5, 5.41) is 9.97. The highest BCUT2D eigenvalue weighted by atomic mass is 16.5. The molecule has 2 heteroatoms. The van der Waals surface area contributed by atoms with E-state index in [1.807, 2.05) is 6.92 Å². The number of hydrogen-bond donors (Lipinski definition) is 1. The van der Waals surface area contributed by atoms with Gasteiger partial charge in [-0.2, -0.15) is 0 Å². The number of ether oxygens (including phenoxy) is 1. The second kappa shape index (κ2) is 6.20. The summed E-state index contributed by atoms with van der Waals surface area (Å²) in [7, 11) is 1.65. The average Bonchev–Trinajstić information content (AvgIpc) is 2.15. The van der Waals surface area contributed by atoms with Crippen LogP contribution in [0, 0.1) is 0 Å². The quantitative estimate of drug-likeness (QED) is 0.706. The summed E-state index contributed by atoms with van der Waals surface area (Å²) in [4.78, 5) is 0. The Bertz CT molecular complexity index is 187. The van der Waals surface area contributed by atoms with Gasteiger partial charge in [-0.15, -0.1) is 0 Å². The van der Waals surface area contributed by atoms with Gasteiger partial charge >= 0.3 is 0 Å². The summed E-state index contributed by atoms with van der Waals surface area (Å²) in [6.45, 7) is 1.92. The van der Waals surface area contributed by atoms with Crippen LogP contribution >= 0.6 is 0 Å². The van der Waals surface area contributed by atoms with E-state index in [2.05, 4.69) is 6.08 Å². The number of methoxy groups -OCH3 is 1. The topological polar surface area (TPSA) is 29.5 Å². The van der Waals surface area contributed by atoms with E-state index in [9.17, 15) is 5.11 Å². The van der Waals surface area contributed by atoms with E-state index in [0.717, 1.165) is 12.8 Å². The first kappa shape index (κ1) is 11.7. The van der Waals surface area contributed by atoms with Gasteiger partial charge in [-0.25, -0.2) is 0 Å². The van der Waals surface area contributed by atoms with Crippen molar-refractivity contribution >= 4 is 0 Å². The maximum atomic E-state index is 9.97. The average molecular weight is 198 g/mol. The Morgan fingerprint density at radius 3 is 2.71 bits per heavy atom. The van der Waals surface area contributed by atoms with Gasteiger partial charge in [0.25, 0.3) is 0 Å². The summed E-state index contributed by atoms with van der Waals surface area (Å²) >= 11 is 0. The van der Waals surface area contributed by atoms with Crippen molar-refractivity contribution in [1.82, 2.24) is 0 Å². The summed E-state index contributed by atoms with van der Waals surface area (Å²) in [6, 6.07) is 0. The molecule has 0 aromatic heterocycles. The van der Waals surface area contributed by atoms with Gasteiger partial charge in [0.05, 0.1) is 6.10 Å². The lowest BCUT2D eigenvalue weighted by molar-refractivity contribution is 0.0169. The Balaban J connectivity index is 2.53. The summed E-state index contributed by atoms with van der Waals surface area (Å²) in [6.07, 6.45) is 8.97. The third kappa shape index (κ3) is 3.43. The molecular weight excluding hydrogens is 176 g/mol. The molecule has 0 bridgehead atoms. The zero-order chi connectivity index (χ0) is 10.4. The monoisotopic (exact) mass is 198 g/mol. The van der Waals surface area contributed by atoms with Crippen molar-refractivity contribution in [2.24, 2.45) is 0 Å². The van der Waals surface area contributed by atoms with Crippen LogP contribution in [-0.4, -0.2) is 24.4 Å². The molecule has 2 atom stereocenters. The third-order valence-electron chi connectivity index (χ3n) is 3.02. The van der Waals surface area contributed by atoms with Crippen LogP contribution in [0.4, 0.5) is 0 Å². The van der Waals surface area contributed by atoms with E-state index in [1.54, 1.807) is 7.11 Å². The van der Waals surface area contributed by atoms with Crippen molar-refractivity contribution in [2.75, 3.05) is 7.11 Å². The third-order valence-corrected chi connectivity index (χ3v) is 3.02. The number of allylic oxidation sites excluding steroid dienone is 1. The van der Waals surface area contributed by atoms with Gasteiger partial charge in [0.2, 0.25) is 0 Å². The molecule has 0 saturated carbocycles. The molecule has 0 amide bonds. The lowest BCUT2D eigenvalue weighted by Gasteiger charge is -2.22. The second-order valence-corrected chi connectivity index (χ2v) is 4.12. The predicted molar refractivity (Wildman–Crippen MR) is 58.3 cm³/mol. The molecule has 0 fully saturated rings. The first-order chi connectivity index (χ1) is 6.75. The number of aliphatic hydroxyl groups is 1. The molecule has 1 rings (SSSR count). The standard InChI is InChI=1S/C12H22O2/c1-10(14-2)12(13)11-8-6-4-3-5-7-9-11/h8,10,12-13H,3-7,9H2,1-2H3. The van der Waals surface area contributed by atoms with E-state index in [-0.39, 0.29) is 6.10 Å². The van der Waals surface area contributed by atoms with Crippen LogP contribution in [0.2, 0.25) is 0 Å². The lowest BCUT2D eigenvalue weighted by atomic mass is 9.94. The zero-order valence-corrected chi connectivity index (χ0v) is 9.33. The van der Waals surface area contributed by atoms with Gasteiger partial charge in [0, 0.05) is 7.11 Å². The normalized spacial score (nSPS) is 23.2. The Morgan fingerprint density at radius 1 is 1.29 bits per heavy atom. The van der Waals surface area contributed by atoms with E-state index in [4.69, 9.17) is 4.74 Å². The molecule has 1 aliphatic rings.